The van der Waals surface area contributed by atoms with Gasteiger partial charge in [-0.25, -0.2) is 14.4 Å². The highest BCUT2D eigenvalue weighted by Crippen LogP contribution is 2.31. The van der Waals surface area contributed by atoms with Crippen molar-refractivity contribution in [1.29, 1.82) is 0 Å². The van der Waals surface area contributed by atoms with E-state index in [4.69, 9.17) is 4.74 Å². The van der Waals surface area contributed by atoms with Crippen LogP contribution in [0.25, 0.3) is 22.2 Å². The van der Waals surface area contributed by atoms with Gasteiger partial charge >= 0.3 is 0 Å². The normalized spacial score (nSPS) is 13.9. The summed E-state index contributed by atoms with van der Waals surface area (Å²) in [6, 6.07) is 11.3. The minimum atomic E-state index is -0.526. The van der Waals surface area contributed by atoms with Crippen molar-refractivity contribution in [2.45, 2.75) is 32.1 Å². The molecule has 1 aliphatic carbocycles. The molecule has 1 fully saturated rings. The third-order valence-corrected chi connectivity index (χ3v) is 6.45. The Balaban J connectivity index is 1.47. The fourth-order valence-electron chi connectivity index (χ4n) is 4.55. The standard InChI is InChI=1S/C27H26FN5O3/c1-36-18-8-10-24(30-15-18)33-23-14-22(32-21-11-12-29-27(35)25(21)23)19-9-7-17(13-20(19)28)31-26(34)16-5-3-2-4-6-16/h7-16H,2-6H2,1H3,(H,29,35)(H,31,34)(H,30,32,33). The average molecular weight is 488 g/mol. The zero-order chi connectivity index (χ0) is 25.1. The van der Waals surface area contributed by atoms with Crippen molar-refractivity contribution in [3.8, 4) is 17.0 Å². The van der Waals surface area contributed by atoms with Gasteiger partial charge in [-0.3, -0.25) is 9.59 Å². The third-order valence-electron chi connectivity index (χ3n) is 6.45. The summed E-state index contributed by atoms with van der Waals surface area (Å²) >= 11 is 0. The summed E-state index contributed by atoms with van der Waals surface area (Å²) in [4.78, 5) is 36.6. The lowest BCUT2D eigenvalue weighted by Gasteiger charge is -2.20. The summed E-state index contributed by atoms with van der Waals surface area (Å²) in [5.41, 5.74) is 1.50. The van der Waals surface area contributed by atoms with Gasteiger partial charge < -0.3 is 20.4 Å². The second-order valence-corrected chi connectivity index (χ2v) is 8.85. The topological polar surface area (TPSA) is 109 Å². The highest BCUT2D eigenvalue weighted by molar-refractivity contribution is 5.95. The van der Waals surface area contributed by atoms with Crippen LogP contribution in [0.3, 0.4) is 0 Å². The van der Waals surface area contributed by atoms with E-state index in [9.17, 15) is 9.59 Å². The van der Waals surface area contributed by atoms with Crippen LogP contribution in [0.15, 0.2) is 59.7 Å². The molecule has 4 aromatic rings. The van der Waals surface area contributed by atoms with Crippen molar-refractivity contribution in [1.82, 2.24) is 15.0 Å². The maximum Gasteiger partial charge on any atom is 0.259 e. The molecule has 0 atom stereocenters. The minimum absolute atomic E-state index is 0.0260. The number of benzene rings is 1. The first-order chi connectivity index (χ1) is 17.5. The number of nitrogens with one attached hydrogen (secondary N) is 3. The van der Waals surface area contributed by atoms with Crippen LogP contribution in [0.1, 0.15) is 32.1 Å². The highest BCUT2D eigenvalue weighted by Gasteiger charge is 2.21. The third kappa shape index (κ3) is 4.91. The van der Waals surface area contributed by atoms with Crippen LogP contribution >= 0.6 is 0 Å². The molecule has 0 bridgehead atoms. The molecule has 184 valence electrons. The Morgan fingerprint density at radius 3 is 2.67 bits per heavy atom. The molecule has 5 rings (SSSR count). The summed E-state index contributed by atoms with van der Waals surface area (Å²) in [5, 5.41) is 6.31. The van der Waals surface area contributed by atoms with Gasteiger partial charge in [-0.15, -0.1) is 0 Å². The summed E-state index contributed by atoms with van der Waals surface area (Å²) in [5.74, 6) is 0.460. The molecule has 9 heteroatoms. The molecule has 0 saturated heterocycles. The molecule has 0 radical (unpaired) electrons. The van der Waals surface area contributed by atoms with Gasteiger partial charge in [-0.2, -0.15) is 0 Å². The van der Waals surface area contributed by atoms with Crippen LogP contribution in [-0.4, -0.2) is 28.0 Å². The number of methoxy groups -OCH3 is 1. The fraction of sp³-hybridized carbons (Fsp3) is 0.259. The Bertz CT molecular complexity index is 1460. The fourth-order valence-corrected chi connectivity index (χ4v) is 4.55. The first kappa shape index (κ1) is 23.5. The van der Waals surface area contributed by atoms with Gasteiger partial charge in [0.25, 0.3) is 5.56 Å². The molecule has 3 heterocycles. The molecule has 1 amide bonds. The Labute approximate surface area is 207 Å². The quantitative estimate of drug-likeness (QED) is 0.336. The van der Waals surface area contributed by atoms with E-state index in [-0.39, 0.29) is 22.9 Å². The number of halogens is 1. The van der Waals surface area contributed by atoms with Gasteiger partial charge in [0.2, 0.25) is 5.91 Å². The van der Waals surface area contributed by atoms with Crippen molar-refractivity contribution >= 4 is 34.0 Å². The molecule has 1 saturated carbocycles. The van der Waals surface area contributed by atoms with Gasteiger partial charge in [0, 0.05) is 23.4 Å². The Morgan fingerprint density at radius 1 is 1.11 bits per heavy atom. The minimum Gasteiger partial charge on any atom is -0.495 e. The number of aromatic amines is 1. The zero-order valence-electron chi connectivity index (χ0n) is 19.8. The number of nitrogens with zero attached hydrogens (tertiary/aromatic N) is 2. The van der Waals surface area contributed by atoms with E-state index in [0.29, 0.717) is 39.5 Å². The predicted molar refractivity (Wildman–Crippen MR) is 137 cm³/mol. The van der Waals surface area contributed by atoms with Crippen LogP contribution in [-0.2, 0) is 4.79 Å². The number of anilines is 3. The molecule has 0 aliphatic heterocycles. The van der Waals surface area contributed by atoms with E-state index in [0.717, 1.165) is 32.1 Å². The summed E-state index contributed by atoms with van der Waals surface area (Å²) in [6.07, 6.45) is 8.03. The number of fused-ring (bicyclic) bond motifs is 1. The Morgan fingerprint density at radius 2 is 1.94 bits per heavy atom. The number of aromatic nitrogens is 3. The van der Waals surface area contributed by atoms with Crippen molar-refractivity contribution in [2.75, 3.05) is 17.7 Å². The van der Waals surface area contributed by atoms with Crippen LogP contribution in [0, 0.1) is 11.7 Å². The maximum absolute atomic E-state index is 15.2. The molecule has 36 heavy (non-hydrogen) atoms. The monoisotopic (exact) mass is 487 g/mol. The smallest absolute Gasteiger partial charge is 0.259 e. The summed E-state index contributed by atoms with van der Waals surface area (Å²) in [7, 11) is 1.55. The number of hydrogen-bond donors (Lipinski definition) is 3. The molecule has 8 nitrogen and oxygen atoms in total. The number of pyridine rings is 3. The van der Waals surface area contributed by atoms with Crippen LogP contribution < -0.4 is 20.9 Å². The van der Waals surface area contributed by atoms with Gasteiger partial charge in [0.15, 0.2) is 0 Å². The number of amides is 1. The van der Waals surface area contributed by atoms with Crippen molar-refractivity contribution < 1.29 is 13.9 Å². The Kier molecular flexibility index (Phi) is 6.62. The lowest BCUT2D eigenvalue weighted by Crippen LogP contribution is -2.24. The lowest BCUT2D eigenvalue weighted by molar-refractivity contribution is -0.120. The van der Waals surface area contributed by atoms with Crippen molar-refractivity contribution in [3.63, 3.8) is 0 Å². The average Bonchev–Trinajstić information content (AvgIpc) is 2.89. The number of carbonyl (C=O) groups is 1. The number of H-pyrrole nitrogens is 1. The first-order valence-electron chi connectivity index (χ1n) is 11.9. The largest absolute Gasteiger partial charge is 0.495 e. The van der Waals surface area contributed by atoms with Crippen LogP contribution in [0.4, 0.5) is 21.6 Å². The second kappa shape index (κ2) is 10.2. The molecule has 1 aliphatic rings. The summed E-state index contributed by atoms with van der Waals surface area (Å²) < 4.78 is 20.4. The first-order valence-corrected chi connectivity index (χ1v) is 11.9. The highest BCUT2D eigenvalue weighted by atomic mass is 19.1. The molecule has 0 unspecified atom stereocenters. The van der Waals surface area contributed by atoms with Gasteiger partial charge in [0.1, 0.15) is 17.4 Å². The van der Waals surface area contributed by atoms with E-state index >= 15 is 4.39 Å². The molecular weight excluding hydrogens is 461 g/mol. The van der Waals surface area contributed by atoms with E-state index in [1.54, 1.807) is 49.7 Å². The van der Waals surface area contributed by atoms with E-state index in [2.05, 4.69) is 25.6 Å². The molecule has 1 aromatic carbocycles. The van der Waals surface area contributed by atoms with E-state index < -0.39 is 5.82 Å². The van der Waals surface area contributed by atoms with Gasteiger partial charge in [-0.1, -0.05) is 19.3 Å². The molecule has 0 spiro atoms. The summed E-state index contributed by atoms with van der Waals surface area (Å²) in [6.45, 7) is 0. The molecule has 3 aromatic heterocycles. The number of carbonyl (C=O) groups excluding carboxylic acids is 1. The van der Waals surface area contributed by atoms with Crippen molar-refractivity contribution in [3.05, 3.63) is 71.0 Å². The zero-order valence-corrected chi connectivity index (χ0v) is 19.8. The Hall–Kier alpha value is -4.27. The molecular formula is C27H26FN5O3. The number of rotatable bonds is 6. The van der Waals surface area contributed by atoms with Gasteiger partial charge in [0.05, 0.1) is 35.6 Å². The van der Waals surface area contributed by atoms with Crippen molar-refractivity contribution in [2.24, 2.45) is 5.92 Å². The number of hydrogen-bond acceptors (Lipinski definition) is 6. The van der Waals surface area contributed by atoms with Crippen LogP contribution in [0.5, 0.6) is 5.75 Å². The second-order valence-electron chi connectivity index (χ2n) is 8.85. The lowest BCUT2D eigenvalue weighted by atomic mass is 9.88. The predicted octanol–water partition coefficient (Wildman–Crippen LogP) is 5.40. The van der Waals surface area contributed by atoms with Crippen LogP contribution in [0.2, 0.25) is 0 Å². The SMILES string of the molecule is COc1ccc(Nc2cc(-c3ccc(NC(=O)C4CCCCC4)cc3F)nc3cc[nH]c(=O)c23)nc1. The molecule has 3 N–H and O–H groups in total. The van der Waals surface area contributed by atoms with E-state index in [1.165, 1.54) is 12.3 Å². The number of ether oxygens (including phenoxy) is 1. The van der Waals surface area contributed by atoms with Gasteiger partial charge in [-0.05, 0) is 55.3 Å². The van der Waals surface area contributed by atoms with E-state index in [1.807, 2.05) is 0 Å². The maximum atomic E-state index is 15.2.